The van der Waals surface area contributed by atoms with E-state index in [1.165, 1.54) is 0 Å². The van der Waals surface area contributed by atoms with Crippen molar-refractivity contribution in [1.29, 1.82) is 0 Å². The van der Waals surface area contributed by atoms with Gasteiger partial charge in [0.2, 0.25) is 5.91 Å². The smallest absolute Gasteiger partial charge is 0.326 e. The van der Waals surface area contributed by atoms with E-state index >= 15 is 0 Å². The van der Waals surface area contributed by atoms with E-state index in [4.69, 9.17) is 0 Å². The molecule has 2 rings (SSSR count). The van der Waals surface area contributed by atoms with Crippen molar-refractivity contribution in [2.24, 2.45) is 5.92 Å². The fourth-order valence-corrected chi connectivity index (χ4v) is 2.52. The average Bonchev–Trinajstić information content (AvgIpc) is 2.93. The van der Waals surface area contributed by atoms with Gasteiger partial charge in [0.25, 0.3) is 0 Å². The number of aryl methyl sites for hydroxylation is 1. The van der Waals surface area contributed by atoms with Crippen LogP contribution in [0.2, 0.25) is 0 Å². The molecule has 0 saturated carbocycles. The molecule has 0 aliphatic carbocycles. The summed E-state index contributed by atoms with van der Waals surface area (Å²) in [5.41, 5.74) is 2.11. The molecule has 0 saturated heterocycles. The third-order valence-electron chi connectivity index (χ3n) is 4.09. The minimum Gasteiger partial charge on any atom is -0.480 e. The summed E-state index contributed by atoms with van der Waals surface area (Å²) in [6.45, 7) is 3.75. The lowest BCUT2D eigenvalue weighted by Crippen LogP contribution is -2.45. The Morgan fingerprint density at radius 2 is 2.05 bits per heavy atom. The molecule has 0 aliphatic heterocycles. The van der Waals surface area contributed by atoms with Crippen LogP contribution >= 0.6 is 0 Å². The van der Waals surface area contributed by atoms with Gasteiger partial charge in [-0.3, -0.25) is 4.79 Å². The number of para-hydroxylation sites is 1. The van der Waals surface area contributed by atoms with E-state index in [1.54, 1.807) is 0 Å². The van der Waals surface area contributed by atoms with Gasteiger partial charge in [-0.1, -0.05) is 38.5 Å². The number of benzene rings is 1. The molecule has 1 amide bonds. The molecule has 22 heavy (non-hydrogen) atoms. The van der Waals surface area contributed by atoms with Crippen LogP contribution < -0.4 is 5.32 Å². The molecule has 5 heteroatoms. The van der Waals surface area contributed by atoms with Gasteiger partial charge in [-0.05, 0) is 24.0 Å². The number of carboxylic acid groups (broad SMARTS) is 1. The SMILES string of the molecule is CC[C@H](C)[C@@H](NC(=O)CCc1c[nH]c2ccccc12)C(=O)O. The number of amides is 1. The Morgan fingerprint density at radius 1 is 1.32 bits per heavy atom. The number of aliphatic carboxylic acids is 1. The molecule has 2 aromatic rings. The lowest BCUT2D eigenvalue weighted by atomic mass is 9.99. The van der Waals surface area contributed by atoms with Gasteiger partial charge in [0.15, 0.2) is 0 Å². The highest BCUT2D eigenvalue weighted by atomic mass is 16.4. The van der Waals surface area contributed by atoms with E-state index in [0.717, 1.165) is 16.5 Å². The van der Waals surface area contributed by atoms with Crippen molar-refractivity contribution in [3.05, 3.63) is 36.0 Å². The van der Waals surface area contributed by atoms with Gasteiger partial charge in [-0.25, -0.2) is 4.79 Å². The second-order valence-corrected chi connectivity index (χ2v) is 5.63. The van der Waals surface area contributed by atoms with Crippen LogP contribution in [-0.2, 0) is 16.0 Å². The molecule has 0 unspecified atom stereocenters. The summed E-state index contributed by atoms with van der Waals surface area (Å²) in [5.74, 6) is -1.29. The van der Waals surface area contributed by atoms with E-state index in [1.807, 2.05) is 44.3 Å². The maximum Gasteiger partial charge on any atom is 0.326 e. The molecular formula is C17H22N2O3. The average molecular weight is 302 g/mol. The summed E-state index contributed by atoms with van der Waals surface area (Å²) in [6.07, 6.45) is 3.48. The molecule has 1 aromatic carbocycles. The molecular weight excluding hydrogens is 280 g/mol. The largest absolute Gasteiger partial charge is 0.480 e. The Labute approximate surface area is 129 Å². The van der Waals surface area contributed by atoms with Crippen LogP contribution in [0.1, 0.15) is 32.3 Å². The second-order valence-electron chi connectivity index (χ2n) is 5.63. The van der Waals surface area contributed by atoms with E-state index in [-0.39, 0.29) is 18.2 Å². The molecule has 2 atom stereocenters. The third-order valence-corrected chi connectivity index (χ3v) is 4.09. The molecule has 0 spiro atoms. The highest BCUT2D eigenvalue weighted by Gasteiger charge is 2.25. The minimum atomic E-state index is -0.977. The Morgan fingerprint density at radius 3 is 2.73 bits per heavy atom. The molecule has 3 N–H and O–H groups in total. The molecule has 1 heterocycles. The van der Waals surface area contributed by atoms with E-state index in [2.05, 4.69) is 10.3 Å². The number of rotatable bonds is 7. The van der Waals surface area contributed by atoms with Gasteiger partial charge in [0.1, 0.15) is 6.04 Å². The number of H-pyrrole nitrogens is 1. The van der Waals surface area contributed by atoms with Gasteiger partial charge in [0, 0.05) is 23.5 Å². The lowest BCUT2D eigenvalue weighted by molar-refractivity contribution is -0.143. The van der Waals surface area contributed by atoms with Crippen LogP contribution in [0.3, 0.4) is 0 Å². The zero-order valence-corrected chi connectivity index (χ0v) is 12.9. The fourth-order valence-electron chi connectivity index (χ4n) is 2.52. The summed E-state index contributed by atoms with van der Waals surface area (Å²) >= 11 is 0. The maximum absolute atomic E-state index is 12.0. The molecule has 0 aliphatic rings. The monoisotopic (exact) mass is 302 g/mol. The molecule has 0 bridgehead atoms. The van der Waals surface area contributed by atoms with Crippen molar-refractivity contribution in [2.45, 2.75) is 39.2 Å². The number of fused-ring (bicyclic) bond motifs is 1. The first kappa shape index (κ1) is 16.1. The third kappa shape index (κ3) is 3.67. The predicted molar refractivity (Wildman–Crippen MR) is 85.6 cm³/mol. The number of hydrogen-bond donors (Lipinski definition) is 3. The number of aromatic nitrogens is 1. The number of aromatic amines is 1. The standard InChI is InChI=1S/C17H22N2O3/c1-3-11(2)16(17(21)22)19-15(20)9-8-12-10-18-14-7-5-4-6-13(12)14/h4-7,10-11,16,18H,3,8-9H2,1-2H3,(H,19,20)(H,21,22)/t11-,16+/m0/s1. The topological polar surface area (TPSA) is 82.2 Å². The Bertz CT molecular complexity index is 663. The first-order chi connectivity index (χ1) is 10.5. The summed E-state index contributed by atoms with van der Waals surface area (Å²) in [4.78, 5) is 26.4. The van der Waals surface area contributed by atoms with Crippen LogP contribution in [-0.4, -0.2) is 28.0 Å². The van der Waals surface area contributed by atoms with Crippen molar-refractivity contribution < 1.29 is 14.7 Å². The van der Waals surface area contributed by atoms with Gasteiger partial charge < -0.3 is 15.4 Å². The van der Waals surface area contributed by atoms with Crippen molar-refractivity contribution >= 4 is 22.8 Å². The van der Waals surface area contributed by atoms with Crippen molar-refractivity contribution in [3.8, 4) is 0 Å². The minimum absolute atomic E-state index is 0.0884. The Kier molecular flexibility index (Phi) is 5.20. The quantitative estimate of drug-likeness (QED) is 0.735. The molecule has 118 valence electrons. The lowest BCUT2D eigenvalue weighted by Gasteiger charge is -2.20. The Balaban J connectivity index is 1.96. The van der Waals surface area contributed by atoms with Gasteiger partial charge in [-0.2, -0.15) is 0 Å². The van der Waals surface area contributed by atoms with E-state index < -0.39 is 12.0 Å². The van der Waals surface area contributed by atoms with Gasteiger partial charge >= 0.3 is 5.97 Å². The van der Waals surface area contributed by atoms with Crippen molar-refractivity contribution in [1.82, 2.24) is 10.3 Å². The summed E-state index contributed by atoms with van der Waals surface area (Å²) in [7, 11) is 0. The second kappa shape index (κ2) is 7.11. The Hall–Kier alpha value is -2.30. The number of carbonyl (C=O) groups excluding carboxylic acids is 1. The molecule has 0 radical (unpaired) electrons. The van der Waals surface area contributed by atoms with Crippen molar-refractivity contribution in [2.75, 3.05) is 0 Å². The first-order valence-electron chi connectivity index (χ1n) is 7.60. The van der Waals surface area contributed by atoms with Crippen LogP contribution in [0.25, 0.3) is 10.9 Å². The number of carboxylic acids is 1. The highest BCUT2D eigenvalue weighted by Crippen LogP contribution is 2.19. The van der Waals surface area contributed by atoms with Crippen molar-refractivity contribution in [3.63, 3.8) is 0 Å². The maximum atomic E-state index is 12.0. The predicted octanol–water partition coefficient (Wildman–Crippen LogP) is 2.72. The van der Waals surface area contributed by atoms with Crippen LogP contribution in [0.5, 0.6) is 0 Å². The zero-order chi connectivity index (χ0) is 16.1. The number of hydrogen-bond acceptors (Lipinski definition) is 2. The number of carbonyl (C=O) groups is 2. The first-order valence-corrected chi connectivity index (χ1v) is 7.60. The van der Waals surface area contributed by atoms with Gasteiger partial charge in [-0.15, -0.1) is 0 Å². The molecule has 5 nitrogen and oxygen atoms in total. The summed E-state index contributed by atoms with van der Waals surface area (Å²) < 4.78 is 0. The van der Waals surface area contributed by atoms with E-state index in [9.17, 15) is 14.7 Å². The van der Waals surface area contributed by atoms with Crippen LogP contribution in [0.15, 0.2) is 30.5 Å². The fraction of sp³-hybridized carbons (Fsp3) is 0.412. The van der Waals surface area contributed by atoms with Crippen LogP contribution in [0, 0.1) is 5.92 Å². The molecule has 0 fully saturated rings. The number of nitrogens with one attached hydrogen (secondary N) is 2. The zero-order valence-electron chi connectivity index (χ0n) is 12.9. The normalized spacial score (nSPS) is 13.7. The van der Waals surface area contributed by atoms with Crippen LogP contribution in [0.4, 0.5) is 0 Å². The summed E-state index contributed by atoms with van der Waals surface area (Å²) in [6, 6.07) is 7.10. The van der Waals surface area contributed by atoms with Gasteiger partial charge in [0.05, 0.1) is 0 Å². The highest BCUT2D eigenvalue weighted by molar-refractivity contribution is 5.86. The van der Waals surface area contributed by atoms with E-state index in [0.29, 0.717) is 12.8 Å². The molecule has 1 aromatic heterocycles. The summed E-state index contributed by atoms with van der Waals surface area (Å²) in [5, 5.41) is 12.9.